The van der Waals surface area contributed by atoms with Gasteiger partial charge in [-0.3, -0.25) is 0 Å². The Morgan fingerprint density at radius 3 is 3.06 bits per heavy atom. The van der Waals surface area contributed by atoms with Crippen LogP contribution in [0.4, 0.5) is 11.5 Å². The molecule has 0 aliphatic heterocycles. The van der Waals surface area contributed by atoms with Crippen LogP contribution >= 0.6 is 0 Å². The molecule has 0 atom stereocenters. The van der Waals surface area contributed by atoms with Gasteiger partial charge in [-0.25, -0.2) is 9.97 Å². The molecule has 0 aliphatic rings. The number of nitrogens with two attached hydrogens (primary N) is 1. The molecule has 0 aromatic carbocycles. The first-order valence-corrected chi connectivity index (χ1v) is 5.67. The lowest BCUT2D eigenvalue weighted by Gasteiger charge is -2.09. The number of aryl methyl sites for hydroxylation is 2. The number of aromatic nitrogens is 3. The van der Waals surface area contributed by atoms with E-state index >= 15 is 0 Å². The average molecular weight is 231 g/mol. The van der Waals surface area contributed by atoms with Gasteiger partial charge < -0.3 is 15.6 Å². The van der Waals surface area contributed by atoms with Crippen molar-refractivity contribution in [2.75, 3.05) is 17.6 Å². The molecule has 90 valence electrons. The zero-order valence-electron chi connectivity index (χ0n) is 9.93. The quantitative estimate of drug-likeness (QED) is 0.768. The Labute approximate surface area is 101 Å². The van der Waals surface area contributed by atoms with Crippen LogP contribution in [0.15, 0.2) is 31.0 Å². The predicted molar refractivity (Wildman–Crippen MR) is 68.7 cm³/mol. The summed E-state index contributed by atoms with van der Waals surface area (Å²) in [5.74, 6) is 0.907. The maximum Gasteiger partial charge on any atom is 0.128 e. The van der Waals surface area contributed by atoms with E-state index in [0.717, 1.165) is 30.9 Å². The molecule has 0 unspecified atom stereocenters. The van der Waals surface area contributed by atoms with Gasteiger partial charge in [-0.05, 0) is 25.0 Å². The lowest BCUT2D eigenvalue weighted by Crippen LogP contribution is -2.08. The summed E-state index contributed by atoms with van der Waals surface area (Å²) < 4.78 is 2.06. The van der Waals surface area contributed by atoms with Crippen LogP contribution in [0.1, 0.15) is 12.0 Å². The zero-order valence-corrected chi connectivity index (χ0v) is 9.93. The van der Waals surface area contributed by atoms with Crippen molar-refractivity contribution in [3.63, 3.8) is 0 Å². The van der Waals surface area contributed by atoms with E-state index < -0.39 is 0 Å². The van der Waals surface area contributed by atoms with Gasteiger partial charge in [0.05, 0.1) is 18.2 Å². The van der Waals surface area contributed by atoms with E-state index in [4.69, 9.17) is 5.73 Å². The standard InChI is InChI=1S/C12H17N5/c1-10-7-11(13)8-16-12(10)15-3-2-5-17-6-4-14-9-17/h4,6-9H,2-3,5,13H2,1H3,(H,15,16). The second kappa shape index (κ2) is 5.34. The highest BCUT2D eigenvalue weighted by atomic mass is 15.0. The van der Waals surface area contributed by atoms with Crippen LogP contribution in [0.3, 0.4) is 0 Å². The van der Waals surface area contributed by atoms with Crippen LogP contribution in [0.2, 0.25) is 0 Å². The van der Waals surface area contributed by atoms with E-state index in [1.807, 2.05) is 25.5 Å². The van der Waals surface area contributed by atoms with Crippen LogP contribution < -0.4 is 11.1 Å². The van der Waals surface area contributed by atoms with Crippen molar-refractivity contribution in [2.24, 2.45) is 0 Å². The molecule has 2 rings (SSSR count). The van der Waals surface area contributed by atoms with Crippen molar-refractivity contribution in [3.05, 3.63) is 36.5 Å². The molecule has 5 nitrogen and oxygen atoms in total. The summed E-state index contributed by atoms with van der Waals surface area (Å²) in [6.45, 7) is 3.85. The number of hydrogen-bond acceptors (Lipinski definition) is 4. The molecule has 0 bridgehead atoms. The minimum atomic E-state index is 0.700. The number of nitrogens with zero attached hydrogens (tertiary/aromatic N) is 3. The molecule has 2 aromatic rings. The Balaban J connectivity index is 1.78. The summed E-state index contributed by atoms with van der Waals surface area (Å²) >= 11 is 0. The van der Waals surface area contributed by atoms with Crippen LogP contribution in [-0.2, 0) is 6.54 Å². The topological polar surface area (TPSA) is 68.8 Å². The van der Waals surface area contributed by atoms with Crippen LogP contribution in [0.5, 0.6) is 0 Å². The summed E-state index contributed by atoms with van der Waals surface area (Å²) in [6, 6.07) is 1.92. The zero-order chi connectivity index (χ0) is 12.1. The van der Waals surface area contributed by atoms with Crippen molar-refractivity contribution in [1.29, 1.82) is 0 Å². The normalized spacial score (nSPS) is 10.4. The predicted octanol–water partition coefficient (Wildman–Crippen LogP) is 1.67. The highest BCUT2D eigenvalue weighted by molar-refractivity contribution is 5.50. The molecule has 0 radical (unpaired) electrons. The van der Waals surface area contributed by atoms with E-state index in [2.05, 4.69) is 19.9 Å². The summed E-state index contributed by atoms with van der Waals surface area (Å²) in [5, 5.41) is 3.30. The molecule has 3 N–H and O–H groups in total. The molecular weight excluding hydrogens is 214 g/mol. The molecular formula is C12H17N5. The minimum Gasteiger partial charge on any atom is -0.397 e. The molecule has 0 fully saturated rings. The smallest absolute Gasteiger partial charge is 0.128 e. The Morgan fingerprint density at radius 2 is 2.35 bits per heavy atom. The van der Waals surface area contributed by atoms with Crippen LogP contribution in [-0.4, -0.2) is 21.1 Å². The maximum atomic E-state index is 5.65. The highest BCUT2D eigenvalue weighted by Gasteiger charge is 1.99. The third-order valence-electron chi connectivity index (χ3n) is 2.54. The maximum absolute atomic E-state index is 5.65. The molecule has 0 spiro atoms. The number of hydrogen-bond donors (Lipinski definition) is 2. The van der Waals surface area contributed by atoms with Gasteiger partial charge in [-0.15, -0.1) is 0 Å². The largest absolute Gasteiger partial charge is 0.397 e. The van der Waals surface area contributed by atoms with Crippen molar-refractivity contribution < 1.29 is 0 Å². The van der Waals surface area contributed by atoms with E-state index in [9.17, 15) is 0 Å². The van der Waals surface area contributed by atoms with Crippen LogP contribution in [0.25, 0.3) is 0 Å². The number of pyridine rings is 1. The first-order valence-electron chi connectivity index (χ1n) is 5.67. The number of anilines is 2. The highest BCUT2D eigenvalue weighted by Crippen LogP contribution is 2.13. The molecule has 0 saturated carbocycles. The molecule has 2 heterocycles. The van der Waals surface area contributed by atoms with Crippen molar-refractivity contribution >= 4 is 11.5 Å². The Bertz CT molecular complexity index is 464. The van der Waals surface area contributed by atoms with E-state index in [1.165, 1.54) is 0 Å². The number of rotatable bonds is 5. The van der Waals surface area contributed by atoms with E-state index in [1.54, 1.807) is 12.4 Å². The summed E-state index contributed by atoms with van der Waals surface area (Å²) in [6.07, 6.45) is 8.28. The average Bonchev–Trinajstić information content (AvgIpc) is 2.79. The number of imidazole rings is 1. The van der Waals surface area contributed by atoms with E-state index in [0.29, 0.717) is 5.69 Å². The Morgan fingerprint density at radius 1 is 1.47 bits per heavy atom. The summed E-state index contributed by atoms with van der Waals surface area (Å²) in [5.41, 5.74) is 7.42. The minimum absolute atomic E-state index is 0.700. The monoisotopic (exact) mass is 231 g/mol. The van der Waals surface area contributed by atoms with Crippen LogP contribution in [0, 0.1) is 6.92 Å². The van der Waals surface area contributed by atoms with Gasteiger partial charge in [0.25, 0.3) is 0 Å². The van der Waals surface area contributed by atoms with Gasteiger partial charge in [0, 0.05) is 25.5 Å². The SMILES string of the molecule is Cc1cc(N)cnc1NCCCn1ccnc1. The lowest BCUT2D eigenvalue weighted by atomic mass is 10.2. The second-order valence-corrected chi connectivity index (χ2v) is 4.01. The molecule has 0 aliphatic carbocycles. The molecule has 5 heteroatoms. The van der Waals surface area contributed by atoms with Gasteiger partial charge in [0.1, 0.15) is 5.82 Å². The van der Waals surface area contributed by atoms with Crippen molar-refractivity contribution in [1.82, 2.24) is 14.5 Å². The van der Waals surface area contributed by atoms with Gasteiger partial charge in [-0.1, -0.05) is 0 Å². The number of nitrogen functional groups attached to an aromatic ring is 1. The third-order valence-corrected chi connectivity index (χ3v) is 2.54. The fraction of sp³-hybridized carbons (Fsp3) is 0.333. The summed E-state index contributed by atoms with van der Waals surface area (Å²) in [7, 11) is 0. The Hall–Kier alpha value is -2.04. The molecule has 0 amide bonds. The molecule has 17 heavy (non-hydrogen) atoms. The fourth-order valence-corrected chi connectivity index (χ4v) is 1.67. The first kappa shape index (κ1) is 11.4. The fourth-order valence-electron chi connectivity index (χ4n) is 1.67. The molecule has 2 aromatic heterocycles. The van der Waals surface area contributed by atoms with Gasteiger partial charge in [-0.2, -0.15) is 0 Å². The van der Waals surface area contributed by atoms with Gasteiger partial charge in [0.2, 0.25) is 0 Å². The van der Waals surface area contributed by atoms with E-state index in [-0.39, 0.29) is 0 Å². The second-order valence-electron chi connectivity index (χ2n) is 4.01. The molecule has 0 saturated heterocycles. The number of nitrogens with one attached hydrogen (secondary N) is 1. The third kappa shape index (κ3) is 3.21. The first-order chi connectivity index (χ1) is 8.25. The van der Waals surface area contributed by atoms with Crippen molar-refractivity contribution in [3.8, 4) is 0 Å². The van der Waals surface area contributed by atoms with Crippen molar-refractivity contribution in [2.45, 2.75) is 19.9 Å². The summed E-state index contributed by atoms with van der Waals surface area (Å²) in [4.78, 5) is 8.26. The Kier molecular flexibility index (Phi) is 3.59. The van der Waals surface area contributed by atoms with Gasteiger partial charge >= 0.3 is 0 Å². The van der Waals surface area contributed by atoms with Gasteiger partial charge in [0.15, 0.2) is 0 Å². The lowest BCUT2D eigenvalue weighted by molar-refractivity contribution is 0.660.